The van der Waals surface area contributed by atoms with Gasteiger partial charge in [0.05, 0.1) is 29.7 Å². The van der Waals surface area contributed by atoms with E-state index in [0.717, 1.165) is 85.8 Å². The number of unbranched alkanes of at least 4 members (excludes halogenated alkanes) is 2. The van der Waals surface area contributed by atoms with E-state index in [1.807, 2.05) is 13.8 Å². The average Bonchev–Trinajstić information content (AvgIpc) is 0.766. The number of carboxylic acid groups (broad SMARTS) is 1. The zero-order chi connectivity index (χ0) is 83.3. The van der Waals surface area contributed by atoms with E-state index in [1.54, 1.807) is 24.3 Å². The molecule has 18 atom stereocenters. The molecule has 7 aliphatic rings. The minimum atomic E-state index is -2.39. The van der Waals surface area contributed by atoms with Gasteiger partial charge in [-0.2, -0.15) is 0 Å². The SMILES string of the molecule is CCCCCc1ccc(NC(=O)NC(=O)C[C@@H]2NC(=O)[C@H](NC(=O)[C@@H](CC(C)C)NC)[C@H](O)c3ccc(c(C)c3)Oc3cc4cc(c3O[C@@H]3O[C@H](CN)[C@@H](O)[C@H](O)[C@H]3O[C@H]3C[C@](C)(N)[C@H](O)[C@H](C)O3)Oc3ccc(cc3Cl)[C@@H](O)[C@@H]3NC(=O)[C@H](NC(=O)[C@@H]4NC2=O)c2ccc(O)c(c2)-c2c(O)cc(O)cc2[C@@H](C(=O)O)NC3=O)cc1. The summed E-state index contributed by atoms with van der Waals surface area (Å²) in [5.74, 6) is -15.7. The normalized spacial score (nSPS) is 27.2. The number of amides is 9. The second kappa shape index (κ2) is 35.9. The number of hydrogen-bond acceptors (Lipinski definition) is 26. The van der Waals surface area contributed by atoms with Gasteiger partial charge in [-0.25, -0.2) is 9.59 Å². The van der Waals surface area contributed by atoms with Gasteiger partial charge in [-0.15, -0.1) is 0 Å². The average molecular weight is 1620 g/mol. The highest BCUT2D eigenvalue weighted by molar-refractivity contribution is 6.32. The van der Waals surface area contributed by atoms with Crippen molar-refractivity contribution in [2.45, 2.75) is 196 Å². The Balaban J connectivity index is 1.14. The van der Waals surface area contributed by atoms with Crippen molar-refractivity contribution in [2.24, 2.45) is 17.4 Å². The Kier molecular flexibility index (Phi) is 26.6. The van der Waals surface area contributed by atoms with Gasteiger partial charge in [0.15, 0.2) is 29.9 Å². The Labute approximate surface area is 664 Å². The predicted molar refractivity (Wildman–Crippen MR) is 409 cm³/mol. The molecule has 2 fully saturated rings. The molecule has 0 radical (unpaired) electrons. The van der Waals surface area contributed by atoms with Crippen molar-refractivity contribution < 1.29 is 118 Å². The molecule has 22 N–H and O–H groups in total. The minimum Gasteiger partial charge on any atom is -0.508 e. The lowest BCUT2D eigenvalue weighted by Gasteiger charge is -2.47. The summed E-state index contributed by atoms with van der Waals surface area (Å²) in [6, 6.07) is 5.40. The third-order valence-corrected chi connectivity index (χ3v) is 20.9. The molecular weight excluding hydrogens is 1520 g/mol. The minimum absolute atomic E-state index is 0.0569. The largest absolute Gasteiger partial charge is 0.508 e. The van der Waals surface area contributed by atoms with Crippen LogP contribution in [0.2, 0.25) is 5.02 Å². The number of phenols is 3. The Hall–Kier alpha value is -10.8. The summed E-state index contributed by atoms with van der Waals surface area (Å²) in [5, 5.41) is 127. The van der Waals surface area contributed by atoms with E-state index >= 15 is 24.0 Å². The lowest BCUT2D eigenvalue weighted by atomic mass is 9.86. The number of imide groups is 1. The Morgan fingerprint density at radius 1 is 0.713 bits per heavy atom. The summed E-state index contributed by atoms with van der Waals surface area (Å²) < 4.78 is 39.2. The number of likely N-dealkylation sites (N-methyl/N-ethyl adjacent to an activating group) is 1. The number of urea groups is 1. The number of halogens is 1. The van der Waals surface area contributed by atoms with Crippen LogP contribution in [0.4, 0.5) is 10.5 Å². The molecule has 36 heteroatoms. The number of phenolic OH excluding ortho intramolecular Hbond substituents is 3. The van der Waals surface area contributed by atoms with Crippen LogP contribution in [-0.4, -0.2) is 192 Å². The predicted octanol–water partition coefficient (Wildman–Crippen LogP) is 3.32. The highest BCUT2D eigenvalue weighted by Gasteiger charge is 2.51. The molecular formula is C79H94ClN11O24. The molecule has 6 aromatic carbocycles. The van der Waals surface area contributed by atoms with Gasteiger partial charge in [-0.1, -0.05) is 75.5 Å². The summed E-state index contributed by atoms with van der Waals surface area (Å²) in [6.07, 6.45) is -14.5. The Morgan fingerprint density at radius 2 is 1.37 bits per heavy atom. The summed E-state index contributed by atoms with van der Waals surface area (Å²) >= 11 is 7.15. The van der Waals surface area contributed by atoms with E-state index in [-0.39, 0.29) is 58.2 Å². The molecule has 0 aliphatic carbocycles. The van der Waals surface area contributed by atoms with Gasteiger partial charge >= 0.3 is 12.0 Å². The molecule has 115 heavy (non-hydrogen) atoms. The first-order valence-corrected chi connectivity index (χ1v) is 37.7. The molecule has 2 saturated heterocycles. The van der Waals surface area contributed by atoms with Crippen LogP contribution >= 0.6 is 11.6 Å². The fraction of sp³-hybridized carbons (Fsp3) is 0.430. The summed E-state index contributed by atoms with van der Waals surface area (Å²) in [5.41, 5.74) is 10.0. The fourth-order valence-corrected chi connectivity index (χ4v) is 14.6. The number of aliphatic hydroxyl groups excluding tert-OH is 5. The number of rotatable bonds is 18. The molecule has 616 valence electrons. The molecule has 6 aromatic rings. The molecule has 0 saturated carbocycles. The number of anilines is 1. The lowest BCUT2D eigenvalue weighted by molar-refractivity contribution is -0.330. The maximum Gasteiger partial charge on any atom is 0.330 e. The van der Waals surface area contributed by atoms with E-state index in [1.165, 1.54) is 52.1 Å². The van der Waals surface area contributed by atoms with Crippen LogP contribution in [0.5, 0.6) is 46.0 Å². The van der Waals surface area contributed by atoms with Gasteiger partial charge in [0.1, 0.15) is 89.5 Å². The first kappa shape index (κ1) is 85.1. The van der Waals surface area contributed by atoms with Gasteiger partial charge in [0.2, 0.25) is 53.4 Å². The van der Waals surface area contributed by atoms with Crippen LogP contribution < -0.4 is 73.5 Å². The van der Waals surface area contributed by atoms with Crippen LogP contribution in [0.1, 0.15) is 142 Å². The molecule has 0 aromatic heterocycles. The molecule has 7 heterocycles. The smallest absolute Gasteiger partial charge is 0.330 e. The number of carboxylic acids is 1. The van der Waals surface area contributed by atoms with Gasteiger partial charge in [-0.05, 0) is 153 Å². The summed E-state index contributed by atoms with van der Waals surface area (Å²) in [4.78, 5) is 135. The van der Waals surface area contributed by atoms with Gasteiger partial charge in [-0.3, -0.25) is 38.9 Å². The van der Waals surface area contributed by atoms with E-state index < -0.39 is 237 Å². The van der Waals surface area contributed by atoms with Gasteiger partial charge < -0.3 is 128 Å². The van der Waals surface area contributed by atoms with Crippen molar-refractivity contribution >= 4 is 70.6 Å². The van der Waals surface area contributed by atoms with Gasteiger partial charge in [0, 0.05) is 46.9 Å². The summed E-state index contributed by atoms with van der Waals surface area (Å²) in [6.45, 7) is 9.80. The van der Waals surface area contributed by atoms with E-state index in [4.69, 9.17) is 51.5 Å². The number of aliphatic hydroxyl groups is 5. The van der Waals surface area contributed by atoms with Crippen LogP contribution in [0, 0.1) is 12.8 Å². The van der Waals surface area contributed by atoms with Crippen molar-refractivity contribution in [3.05, 3.63) is 147 Å². The van der Waals surface area contributed by atoms with Crippen molar-refractivity contribution in [1.29, 1.82) is 0 Å². The number of nitrogens with two attached hydrogens (primary N) is 2. The van der Waals surface area contributed by atoms with Crippen LogP contribution in [0.15, 0.2) is 103 Å². The number of aryl methyl sites for hydroxylation is 2. The number of nitrogens with one attached hydrogen (secondary N) is 9. The standard InChI is InChI=1S/C79H94ClN11O24/c1-8-9-10-11-36-12-17-41(18-13-36)84-78(109)86-55(95)30-47-71(102)87-59-40-26-52(111-50-20-15-38(23-34(50)4)63(96)61(74(105)85-47)90-70(101)46(83-7)22-33(2)3)67(115-77-68(66(99)65(98)54(32-81)113-77)114-56-31-79(6,82)69(100)35(5)110-56)53(27-40)112-51-21-16-39(25-45(51)80)64(97)62-75(106)89-60(76(107)108)44-28-42(92)29-49(94)57(44)43-24-37(14-19-48(43)93)58(72(103)91-62)88-73(59)104/h12-21,23-29,33,35,46-47,54,56,58-66,68-69,77,83,92-94,96-100H,8-11,22,30-32,81-82H2,1-7H3,(H,85,105)(H,87,102)(H,88,104)(H,89,106)(H,90,101)(H,91,103)(H,107,108)(H2,84,86,95,109)/t35-,46+,47-,54+,56-,58+,59+,60-,61+,62-,63+,64+,65+,66-,68+,69+,77-,79-/m0/s1. The third-order valence-electron chi connectivity index (χ3n) is 20.6. The number of aliphatic carboxylic acids is 1. The molecule has 0 unspecified atom stereocenters. The second-order valence-corrected chi connectivity index (χ2v) is 30.2. The van der Waals surface area contributed by atoms with Crippen LogP contribution in [0.3, 0.4) is 0 Å². The molecule has 0 spiro atoms. The maximum atomic E-state index is 16.4. The van der Waals surface area contributed by atoms with E-state index in [0.29, 0.717) is 0 Å². The maximum absolute atomic E-state index is 16.4. The zero-order valence-corrected chi connectivity index (χ0v) is 64.3. The topological polar surface area (TPSA) is 551 Å². The van der Waals surface area contributed by atoms with E-state index in [9.17, 15) is 65.1 Å². The summed E-state index contributed by atoms with van der Waals surface area (Å²) in [7, 11) is 1.49. The fourth-order valence-electron chi connectivity index (χ4n) is 14.4. The number of aromatic hydroxyl groups is 3. The third kappa shape index (κ3) is 19.3. The lowest BCUT2D eigenvalue weighted by Crippen LogP contribution is -2.65. The monoisotopic (exact) mass is 1620 g/mol. The molecule has 9 amide bonds. The van der Waals surface area contributed by atoms with Crippen LogP contribution in [-0.2, 0) is 59.0 Å². The second-order valence-electron chi connectivity index (χ2n) is 29.8. The number of hydrogen-bond donors (Lipinski definition) is 20. The van der Waals surface area contributed by atoms with Gasteiger partial charge in [0.25, 0.3) is 0 Å². The Morgan fingerprint density at radius 3 is 2.01 bits per heavy atom. The Bertz CT molecular complexity index is 4690. The quantitative estimate of drug-likeness (QED) is 0.0549. The first-order chi connectivity index (χ1) is 54.5. The van der Waals surface area contributed by atoms with E-state index in [2.05, 4.69) is 54.8 Å². The van der Waals surface area contributed by atoms with Crippen LogP contribution in [0.25, 0.3) is 11.1 Å². The number of benzene rings is 6. The zero-order valence-electron chi connectivity index (χ0n) is 63.5. The number of fused-ring (bicyclic) bond motifs is 15. The number of ether oxygens (including phenoxy) is 6. The first-order valence-electron chi connectivity index (χ1n) is 37.3. The highest BCUT2D eigenvalue weighted by Crippen LogP contribution is 2.50. The molecule has 11 bridgehead atoms. The molecule has 35 nitrogen and oxygen atoms in total. The molecule has 7 aliphatic heterocycles. The van der Waals surface area contributed by atoms with Crippen molar-refractivity contribution in [1.82, 2.24) is 42.5 Å². The molecule has 13 rings (SSSR count). The number of carbonyl (C=O) groups excluding carboxylic acids is 8. The van der Waals surface area contributed by atoms with Crippen molar-refractivity contribution in [3.63, 3.8) is 0 Å². The van der Waals surface area contributed by atoms with Crippen molar-refractivity contribution in [3.8, 4) is 57.1 Å². The van der Waals surface area contributed by atoms with Crippen molar-refractivity contribution in [2.75, 3.05) is 18.9 Å². The highest BCUT2D eigenvalue weighted by atomic mass is 35.5. The number of carbonyl (C=O) groups is 9.